The van der Waals surface area contributed by atoms with Crippen molar-refractivity contribution in [3.63, 3.8) is 0 Å². The van der Waals surface area contributed by atoms with Gasteiger partial charge in [0.25, 0.3) is 0 Å². The fourth-order valence-electron chi connectivity index (χ4n) is 2.95. The Hall–Kier alpha value is -1.95. The highest BCUT2D eigenvalue weighted by Crippen LogP contribution is 2.26. The molecule has 0 amide bonds. The van der Waals surface area contributed by atoms with E-state index in [1.807, 2.05) is 6.07 Å². The summed E-state index contributed by atoms with van der Waals surface area (Å²) in [7, 11) is 2.20. The maximum absolute atomic E-state index is 4.43. The van der Waals surface area contributed by atoms with Crippen LogP contribution in [0.1, 0.15) is 20.3 Å². The first-order valence-electron chi connectivity index (χ1n) is 7.42. The van der Waals surface area contributed by atoms with Crippen LogP contribution in [0.25, 0.3) is 5.82 Å². The molecule has 1 fully saturated rings. The van der Waals surface area contributed by atoms with Gasteiger partial charge in [-0.05, 0) is 38.4 Å². The molecule has 1 aliphatic rings. The Kier molecular flexibility index (Phi) is 3.88. The van der Waals surface area contributed by atoms with Crippen LogP contribution in [0.15, 0.2) is 31.0 Å². The van der Waals surface area contributed by atoms with Gasteiger partial charge in [-0.3, -0.25) is 0 Å². The zero-order valence-electron chi connectivity index (χ0n) is 12.8. The fraction of sp³-hybridized carbons (Fsp3) is 0.533. The summed E-state index contributed by atoms with van der Waals surface area (Å²) in [5, 5.41) is 7.84. The Morgan fingerprint density at radius 1 is 1.33 bits per heavy atom. The molecular weight excluding hydrogens is 264 g/mol. The first-order chi connectivity index (χ1) is 10.1. The summed E-state index contributed by atoms with van der Waals surface area (Å²) in [4.78, 5) is 10.9. The summed E-state index contributed by atoms with van der Waals surface area (Å²) in [6.45, 7) is 5.69. The van der Waals surface area contributed by atoms with E-state index >= 15 is 0 Å². The van der Waals surface area contributed by atoms with Crippen LogP contribution in [-0.4, -0.2) is 50.3 Å². The van der Waals surface area contributed by atoms with Gasteiger partial charge in [-0.15, -0.1) is 0 Å². The summed E-state index contributed by atoms with van der Waals surface area (Å²) in [5.74, 6) is 1.39. The molecule has 6 nitrogen and oxygen atoms in total. The third kappa shape index (κ3) is 2.90. The molecule has 0 aliphatic carbocycles. The Morgan fingerprint density at radius 2 is 2.19 bits per heavy atom. The van der Waals surface area contributed by atoms with E-state index in [0.717, 1.165) is 24.5 Å². The molecular formula is C15H22N6. The molecule has 6 heteroatoms. The zero-order valence-corrected chi connectivity index (χ0v) is 12.8. The van der Waals surface area contributed by atoms with Crippen LogP contribution < -0.4 is 5.32 Å². The van der Waals surface area contributed by atoms with Crippen LogP contribution in [0.3, 0.4) is 0 Å². The minimum atomic E-state index is 0.447. The highest BCUT2D eigenvalue weighted by atomic mass is 15.3. The SMILES string of the molecule is CC1CN(C)C(C)CC1Nc1cccnc1-n1cncn1. The average molecular weight is 286 g/mol. The molecule has 0 saturated carbocycles. The summed E-state index contributed by atoms with van der Waals surface area (Å²) in [5.41, 5.74) is 1.01. The number of nitrogens with one attached hydrogen (secondary N) is 1. The fourth-order valence-corrected chi connectivity index (χ4v) is 2.95. The van der Waals surface area contributed by atoms with Crippen LogP contribution in [0, 0.1) is 5.92 Å². The molecule has 2 aromatic rings. The zero-order chi connectivity index (χ0) is 14.8. The lowest BCUT2D eigenvalue weighted by molar-refractivity contribution is 0.145. The number of rotatable bonds is 3. The molecule has 3 heterocycles. The molecule has 1 aliphatic heterocycles. The minimum absolute atomic E-state index is 0.447. The topological polar surface area (TPSA) is 58.9 Å². The predicted octanol–water partition coefficient (Wildman–Crippen LogP) is 1.80. The second kappa shape index (κ2) is 5.81. The van der Waals surface area contributed by atoms with Crippen molar-refractivity contribution in [1.29, 1.82) is 0 Å². The second-order valence-corrected chi connectivity index (χ2v) is 5.97. The van der Waals surface area contributed by atoms with E-state index in [0.29, 0.717) is 18.0 Å². The van der Waals surface area contributed by atoms with E-state index in [1.165, 1.54) is 6.33 Å². The summed E-state index contributed by atoms with van der Waals surface area (Å²) in [6, 6.07) is 5.04. The van der Waals surface area contributed by atoms with Gasteiger partial charge in [-0.25, -0.2) is 14.6 Å². The smallest absolute Gasteiger partial charge is 0.178 e. The number of likely N-dealkylation sites (tertiary alicyclic amines) is 1. The first-order valence-corrected chi connectivity index (χ1v) is 7.42. The van der Waals surface area contributed by atoms with E-state index in [-0.39, 0.29) is 0 Å². The van der Waals surface area contributed by atoms with Crippen molar-refractivity contribution >= 4 is 5.69 Å². The molecule has 0 bridgehead atoms. The van der Waals surface area contributed by atoms with Gasteiger partial charge in [0.1, 0.15) is 12.7 Å². The molecule has 1 saturated heterocycles. The average Bonchev–Trinajstić information content (AvgIpc) is 2.99. The Bertz CT molecular complexity index is 582. The third-order valence-electron chi connectivity index (χ3n) is 4.37. The molecule has 1 N–H and O–H groups in total. The lowest BCUT2D eigenvalue weighted by atomic mass is 9.89. The quantitative estimate of drug-likeness (QED) is 0.932. The maximum atomic E-state index is 4.43. The number of hydrogen-bond donors (Lipinski definition) is 1. The lowest BCUT2D eigenvalue weighted by Crippen LogP contribution is -2.48. The predicted molar refractivity (Wildman–Crippen MR) is 82.4 cm³/mol. The Labute approximate surface area is 125 Å². The van der Waals surface area contributed by atoms with E-state index in [2.05, 4.69) is 52.2 Å². The molecule has 0 spiro atoms. The van der Waals surface area contributed by atoms with E-state index in [1.54, 1.807) is 17.2 Å². The van der Waals surface area contributed by atoms with Crippen molar-refractivity contribution in [2.24, 2.45) is 5.92 Å². The molecule has 0 radical (unpaired) electrons. The molecule has 2 aromatic heterocycles. The van der Waals surface area contributed by atoms with Crippen molar-refractivity contribution in [1.82, 2.24) is 24.6 Å². The van der Waals surface area contributed by atoms with Crippen molar-refractivity contribution in [3.05, 3.63) is 31.0 Å². The van der Waals surface area contributed by atoms with Gasteiger partial charge in [0, 0.05) is 24.8 Å². The number of aromatic nitrogens is 4. The van der Waals surface area contributed by atoms with Gasteiger partial charge in [0.05, 0.1) is 5.69 Å². The molecule has 112 valence electrons. The molecule has 3 unspecified atom stereocenters. The largest absolute Gasteiger partial charge is 0.379 e. The van der Waals surface area contributed by atoms with Crippen molar-refractivity contribution in [2.75, 3.05) is 18.9 Å². The summed E-state index contributed by atoms with van der Waals surface area (Å²) >= 11 is 0. The van der Waals surface area contributed by atoms with Crippen molar-refractivity contribution in [3.8, 4) is 5.82 Å². The highest BCUT2D eigenvalue weighted by Gasteiger charge is 2.29. The summed E-state index contributed by atoms with van der Waals surface area (Å²) < 4.78 is 1.70. The van der Waals surface area contributed by atoms with Crippen LogP contribution >= 0.6 is 0 Å². The van der Waals surface area contributed by atoms with Gasteiger partial charge in [0.2, 0.25) is 0 Å². The standard InChI is InChI=1S/C15H22N6/c1-11-8-20(3)12(2)7-14(11)19-13-5-4-6-17-15(13)21-10-16-9-18-21/h4-6,9-12,14,19H,7-8H2,1-3H3. The first kappa shape index (κ1) is 14.0. The van der Waals surface area contributed by atoms with Crippen molar-refractivity contribution < 1.29 is 0 Å². The van der Waals surface area contributed by atoms with E-state index < -0.39 is 0 Å². The molecule has 21 heavy (non-hydrogen) atoms. The number of anilines is 1. The molecule has 3 atom stereocenters. The molecule has 3 rings (SSSR count). The molecule has 0 aromatic carbocycles. The van der Waals surface area contributed by atoms with Crippen LogP contribution in [0.2, 0.25) is 0 Å². The number of nitrogens with zero attached hydrogens (tertiary/aromatic N) is 5. The van der Waals surface area contributed by atoms with E-state index in [4.69, 9.17) is 0 Å². The van der Waals surface area contributed by atoms with Crippen LogP contribution in [0.4, 0.5) is 5.69 Å². The number of piperidine rings is 1. The maximum Gasteiger partial charge on any atom is 0.178 e. The minimum Gasteiger partial charge on any atom is -0.379 e. The van der Waals surface area contributed by atoms with Gasteiger partial charge < -0.3 is 10.2 Å². The van der Waals surface area contributed by atoms with Gasteiger partial charge in [-0.1, -0.05) is 6.92 Å². The Morgan fingerprint density at radius 3 is 2.95 bits per heavy atom. The highest BCUT2D eigenvalue weighted by molar-refractivity contribution is 5.56. The van der Waals surface area contributed by atoms with Crippen molar-refractivity contribution in [2.45, 2.75) is 32.4 Å². The number of pyridine rings is 1. The van der Waals surface area contributed by atoms with Crippen LogP contribution in [0.5, 0.6) is 0 Å². The third-order valence-corrected chi connectivity index (χ3v) is 4.37. The summed E-state index contributed by atoms with van der Waals surface area (Å²) in [6.07, 6.45) is 6.11. The van der Waals surface area contributed by atoms with E-state index in [9.17, 15) is 0 Å². The normalized spacial score (nSPS) is 26.7. The van der Waals surface area contributed by atoms with Gasteiger partial charge in [0.15, 0.2) is 5.82 Å². The van der Waals surface area contributed by atoms with Gasteiger partial charge in [-0.2, -0.15) is 5.10 Å². The van der Waals surface area contributed by atoms with Gasteiger partial charge >= 0.3 is 0 Å². The monoisotopic (exact) mass is 286 g/mol. The Balaban J connectivity index is 1.82. The second-order valence-electron chi connectivity index (χ2n) is 5.97. The van der Waals surface area contributed by atoms with Crippen LogP contribution in [-0.2, 0) is 0 Å². The number of hydrogen-bond acceptors (Lipinski definition) is 5. The lowest BCUT2D eigenvalue weighted by Gasteiger charge is -2.40.